The van der Waals surface area contributed by atoms with Crippen LogP contribution in [0.1, 0.15) is 35.2 Å². The van der Waals surface area contributed by atoms with Crippen molar-refractivity contribution in [3.63, 3.8) is 0 Å². The molecule has 0 N–H and O–H groups in total. The van der Waals surface area contributed by atoms with E-state index in [0.29, 0.717) is 24.7 Å². The number of likely N-dealkylation sites (N-methyl/N-ethyl adjacent to an activating group) is 1. The van der Waals surface area contributed by atoms with Gasteiger partial charge < -0.3 is 14.7 Å². The number of amides is 3. The number of carbonyl (C=O) groups is 3. The Bertz CT molecular complexity index is 1720. The van der Waals surface area contributed by atoms with Gasteiger partial charge in [-0.1, -0.05) is 12.6 Å². The molecule has 3 aliphatic rings. The number of likely N-dealkylation sites (tertiary alicyclic amines) is 1. The van der Waals surface area contributed by atoms with E-state index in [-0.39, 0.29) is 54.2 Å². The molecule has 2 atom stereocenters. The molecule has 2 aromatic heterocycles. The summed E-state index contributed by atoms with van der Waals surface area (Å²) in [5.41, 5.74) is -0.589. The summed E-state index contributed by atoms with van der Waals surface area (Å²) in [4.78, 5) is 53.8. The molecule has 2 saturated heterocycles. The maximum atomic E-state index is 15.6. The molecule has 6 rings (SSSR count). The molecule has 45 heavy (non-hydrogen) atoms. The summed E-state index contributed by atoms with van der Waals surface area (Å²) in [6.45, 7) is 5.84. The summed E-state index contributed by atoms with van der Waals surface area (Å²) >= 11 is 0. The third-order valence-corrected chi connectivity index (χ3v) is 8.56. The molecule has 0 radical (unpaired) electrons. The van der Waals surface area contributed by atoms with Gasteiger partial charge in [0.1, 0.15) is 23.5 Å². The Morgan fingerprint density at radius 1 is 1.11 bits per heavy atom. The zero-order chi connectivity index (χ0) is 32.4. The molecule has 0 saturated carbocycles. The minimum Gasteiger partial charge on any atom is -0.360 e. The van der Waals surface area contributed by atoms with Crippen molar-refractivity contribution in [3.8, 4) is 0 Å². The highest BCUT2D eigenvalue weighted by molar-refractivity contribution is 6.10. The third-order valence-electron chi connectivity index (χ3n) is 8.56. The van der Waals surface area contributed by atoms with E-state index in [1.165, 1.54) is 37.1 Å². The van der Waals surface area contributed by atoms with Gasteiger partial charge in [0.15, 0.2) is 5.82 Å². The van der Waals surface area contributed by atoms with E-state index in [4.69, 9.17) is 4.98 Å². The molecule has 1 aromatic carbocycles. The molecular formula is C30H30F4N8O3. The minimum absolute atomic E-state index is 0.0194. The highest BCUT2D eigenvalue weighted by Gasteiger charge is 2.49. The monoisotopic (exact) mass is 626 g/mol. The van der Waals surface area contributed by atoms with E-state index in [2.05, 4.69) is 16.7 Å². The number of fused-ring (bicyclic) bond motifs is 2. The standard InChI is InChI=1S/C30H30F4N8O3/c1-5-24(43)40-13-18(14-40)28-36-23(39(4)37-28)15-41-12-17-10-25(44)42(22-11-19(30(32,33)34)9-16(2)35-22)26(17)29(45)38(3)21-8-6-7-20(31)27(21)41/h5-9,11,17-18,26H,1,10,12-15H2,2-4H3/t17-,26+/m1/s1. The number of hydrogen-bond donors (Lipinski definition) is 0. The zero-order valence-electron chi connectivity index (χ0n) is 24.8. The number of halogens is 4. The number of benzene rings is 1. The number of anilines is 3. The summed E-state index contributed by atoms with van der Waals surface area (Å²) < 4.78 is 58.2. The molecule has 0 unspecified atom stereocenters. The molecule has 15 heteroatoms. The number of rotatable bonds is 5. The lowest BCUT2D eigenvalue weighted by molar-refractivity contribution is -0.137. The van der Waals surface area contributed by atoms with E-state index in [1.807, 2.05) is 0 Å². The molecule has 0 spiro atoms. The number of alkyl halides is 3. The van der Waals surface area contributed by atoms with Crippen LogP contribution in [0.3, 0.4) is 0 Å². The fourth-order valence-electron chi connectivity index (χ4n) is 6.28. The first-order valence-corrected chi connectivity index (χ1v) is 14.3. The van der Waals surface area contributed by atoms with Crippen molar-refractivity contribution >= 4 is 34.9 Å². The van der Waals surface area contributed by atoms with Crippen LogP contribution in [0.2, 0.25) is 0 Å². The summed E-state index contributed by atoms with van der Waals surface area (Å²) in [7, 11) is 3.14. The zero-order valence-corrected chi connectivity index (χ0v) is 24.8. The van der Waals surface area contributed by atoms with Crippen LogP contribution >= 0.6 is 0 Å². The predicted molar refractivity (Wildman–Crippen MR) is 155 cm³/mol. The average Bonchev–Trinajstić information content (AvgIpc) is 3.47. The maximum Gasteiger partial charge on any atom is 0.416 e. The number of nitrogens with zero attached hydrogens (tertiary/aromatic N) is 8. The van der Waals surface area contributed by atoms with Crippen molar-refractivity contribution in [2.75, 3.05) is 41.4 Å². The van der Waals surface area contributed by atoms with Gasteiger partial charge in [0.25, 0.3) is 0 Å². The first kappa shape index (κ1) is 30.2. The Morgan fingerprint density at radius 3 is 2.53 bits per heavy atom. The van der Waals surface area contributed by atoms with Crippen molar-refractivity contribution in [2.24, 2.45) is 13.0 Å². The van der Waals surface area contributed by atoms with Gasteiger partial charge in [-0.15, -0.1) is 0 Å². The summed E-state index contributed by atoms with van der Waals surface area (Å²) in [6.07, 6.45) is -3.61. The lowest BCUT2D eigenvalue weighted by atomic mass is 9.95. The maximum absolute atomic E-state index is 15.6. The largest absolute Gasteiger partial charge is 0.416 e. The molecule has 0 bridgehead atoms. The van der Waals surface area contributed by atoms with E-state index < -0.39 is 41.3 Å². The van der Waals surface area contributed by atoms with Gasteiger partial charge in [0, 0.05) is 51.8 Å². The molecule has 3 amide bonds. The molecule has 0 aliphatic carbocycles. The minimum atomic E-state index is -4.69. The number of para-hydroxylation sites is 1. The van der Waals surface area contributed by atoms with Gasteiger partial charge in [0.05, 0.1) is 29.4 Å². The molecule has 236 valence electrons. The number of hydrogen-bond acceptors (Lipinski definition) is 7. The highest BCUT2D eigenvalue weighted by Crippen LogP contribution is 2.42. The topological polar surface area (TPSA) is 108 Å². The predicted octanol–water partition coefficient (Wildman–Crippen LogP) is 3.19. The van der Waals surface area contributed by atoms with Crippen molar-refractivity contribution < 1.29 is 31.9 Å². The number of pyridine rings is 1. The summed E-state index contributed by atoms with van der Waals surface area (Å²) in [5, 5.41) is 4.53. The second kappa shape index (κ2) is 11.0. The van der Waals surface area contributed by atoms with Gasteiger partial charge in [-0.2, -0.15) is 18.3 Å². The van der Waals surface area contributed by atoms with Crippen LogP contribution in [0.4, 0.5) is 34.8 Å². The van der Waals surface area contributed by atoms with E-state index in [1.54, 1.807) is 27.6 Å². The van der Waals surface area contributed by atoms with Crippen LogP contribution in [0.25, 0.3) is 0 Å². The number of carbonyl (C=O) groups excluding carboxylic acids is 3. The lowest BCUT2D eigenvalue weighted by Crippen LogP contribution is -2.52. The molecule has 11 nitrogen and oxygen atoms in total. The van der Waals surface area contributed by atoms with Gasteiger partial charge in [-0.25, -0.2) is 14.4 Å². The van der Waals surface area contributed by atoms with Crippen molar-refractivity contribution in [3.05, 3.63) is 71.7 Å². The van der Waals surface area contributed by atoms with E-state index in [0.717, 1.165) is 17.0 Å². The van der Waals surface area contributed by atoms with Gasteiger partial charge in [0.2, 0.25) is 17.7 Å². The Hall–Kier alpha value is -4.82. The van der Waals surface area contributed by atoms with Gasteiger partial charge in [-0.05, 0) is 37.3 Å². The summed E-state index contributed by atoms with van der Waals surface area (Å²) in [5.74, 6) is -1.96. The first-order valence-electron chi connectivity index (χ1n) is 14.3. The van der Waals surface area contributed by atoms with Crippen molar-refractivity contribution in [2.45, 2.75) is 38.0 Å². The number of aromatic nitrogens is 4. The molecule has 3 aromatic rings. The second-order valence-corrected chi connectivity index (χ2v) is 11.6. The third kappa shape index (κ3) is 5.29. The normalized spacial score (nSPS) is 20.5. The van der Waals surface area contributed by atoms with E-state index in [9.17, 15) is 27.6 Å². The van der Waals surface area contributed by atoms with E-state index >= 15 is 4.39 Å². The quantitative estimate of drug-likeness (QED) is 0.316. The Labute approximate surface area is 255 Å². The summed E-state index contributed by atoms with van der Waals surface area (Å²) in [6, 6.07) is 4.76. The van der Waals surface area contributed by atoms with Crippen molar-refractivity contribution in [1.82, 2.24) is 24.6 Å². The van der Waals surface area contributed by atoms with Gasteiger partial charge in [-0.3, -0.25) is 24.0 Å². The lowest BCUT2D eigenvalue weighted by Gasteiger charge is -2.38. The SMILES string of the molecule is C=CC(=O)N1CC(c2nc(CN3C[C@H]4CC(=O)N(c5cc(C(F)(F)F)cc(C)n5)[C@@H]4C(=O)N(C)c4cccc(F)c43)n(C)n2)C1. The van der Waals surface area contributed by atoms with Gasteiger partial charge >= 0.3 is 6.18 Å². The Morgan fingerprint density at radius 2 is 1.84 bits per heavy atom. The fourth-order valence-corrected chi connectivity index (χ4v) is 6.28. The molecule has 5 heterocycles. The smallest absolute Gasteiger partial charge is 0.360 e. The Kier molecular flexibility index (Phi) is 7.36. The fraction of sp³-hybridized carbons (Fsp3) is 0.400. The second-order valence-electron chi connectivity index (χ2n) is 11.6. The van der Waals surface area contributed by atoms with Crippen LogP contribution in [-0.2, 0) is 34.2 Å². The molecular weight excluding hydrogens is 596 g/mol. The van der Waals surface area contributed by atoms with Crippen LogP contribution in [-0.4, -0.2) is 75.1 Å². The first-order chi connectivity index (χ1) is 21.3. The Balaban J connectivity index is 1.36. The van der Waals surface area contributed by atoms with Crippen LogP contribution in [0, 0.1) is 18.7 Å². The van der Waals surface area contributed by atoms with Crippen LogP contribution in [0.15, 0.2) is 43.0 Å². The van der Waals surface area contributed by atoms with Crippen LogP contribution in [0.5, 0.6) is 0 Å². The van der Waals surface area contributed by atoms with Crippen molar-refractivity contribution in [1.29, 1.82) is 0 Å². The molecule has 2 fully saturated rings. The average molecular weight is 627 g/mol. The number of aryl methyl sites for hydroxylation is 2. The molecule has 3 aliphatic heterocycles. The highest BCUT2D eigenvalue weighted by atomic mass is 19.4. The van der Waals surface area contributed by atoms with Crippen LogP contribution < -0.4 is 14.7 Å².